The third-order valence-electron chi connectivity index (χ3n) is 1.86. The van der Waals surface area contributed by atoms with Gasteiger partial charge >= 0.3 is 0 Å². The molecule has 0 saturated heterocycles. The van der Waals surface area contributed by atoms with E-state index in [2.05, 4.69) is 0 Å². The summed E-state index contributed by atoms with van der Waals surface area (Å²) in [7, 11) is 1.25. The molecule has 0 aliphatic carbocycles. The van der Waals surface area contributed by atoms with E-state index in [1.54, 1.807) is 0 Å². The summed E-state index contributed by atoms with van der Waals surface area (Å²) in [6, 6.07) is 4.17. The lowest BCUT2D eigenvalue weighted by Gasteiger charge is -2.03. The largest absolute Gasteiger partial charge is 0.298 e. The van der Waals surface area contributed by atoms with Gasteiger partial charge in [-0.2, -0.15) is 5.26 Å². The first-order valence-electron chi connectivity index (χ1n) is 3.84. The number of nitrogens with zero attached hydrogens (tertiary/aromatic N) is 1. The number of hydrogen-bond acceptors (Lipinski definition) is 4. The fourth-order valence-corrected chi connectivity index (χ4v) is 2.02. The van der Waals surface area contributed by atoms with Crippen LogP contribution in [0.15, 0.2) is 17.0 Å². The van der Waals surface area contributed by atoms with Gasteiger partial charge in [-0.05, 0) is 24.6 Å². The number of benzene rings is 1. The van der Waals surface area contributed by atoms with Crippen molar-refractivity contribution in [1.29, 1.82) is 5.26 Å². The lowest BCUT2D eigenvalue weighted by molar-refractivity contribution is 0.112. The number of aryl methyl sites for hydroxylation is 1. The first-order chi connectivity index (χ1) is 6.90. The molecule has 78 valence electrons. The second kappa shape index (κ2) is 4.01. The van der Waals surface area contributed by atoms with Gasteiger partial charge in [-0.25, -0.2) is 8.42 Å². The van der Waals surface area contributed by atoms with Gasteiger partial charge in [0.15, 0.2) is 6.29 Å². The van der Waals surface area contributed by atoms with Crippen LogP contribution in [0.1, 0.15) is 21.5 Å². The monoisotopic (exact) mass is 243 g/mol. The number of carbonyl (C=O) groups excluding carboxylic acids is 1. The van der Waals surface area contributed by atoms with Gasteiger partial charge in [0.1, 0.15) is 6.07 Å². The minimum atomic E-state index is -3.88. The van der Waals surface area contributed by atoms with Crippen molar-refractivity contribution >= 4 is 26.0 Å². The lowest BCUT2D eigenvalue weighted by atomic mass is 10.0. The fraction of sp³-hybridized carbons (Fsp3) is 0.111. The molecule has 0 aliphatic rings. The maximum atomic E-state index is 11.0. The minimum absolute atomic E-state index is 0.0247. The Labute approximate surface area is 91.5 Å². The molecular formula is C9H6ClNO3S. The molecule has 1 aromatic rings. The average molecular weight is 244 g/mol. The highest BCUT2D eigenvalue weighted by molar-refractivity contribution is 8.13. The Balaban J connectivity index is 3.62. The number of rotatable bonds is 2. The molecule has 0 fully saturated rings. The van der Waals surface area contributed by atoms with E-state index in [0.717, 1.165) is 6.07 Å². The zero-order chi connectivity index (χ0) is 11.6. The van der Waals surface area contributed by atoms with Crippen LogP contribution in [0.25, 0.3) is 0 Å². The first-order valence-corrected chi connectivity index (χ1v) is 6.15. The molecule has 0 aliphatic heterocycles. The Morgan fingerprint density at radius 1 is 1.47 bits per heavy atom. The third-order valence-corrected chi connectivity index (χ3v) is 3.19. The minimum Gasteiger partial charge on any atom is -0.298 e. The highest BCUT2D eigenvalue weighted by Crippen LogP contribution is 2.21. The van der Waals surface area contributed by atoms with Crippen molar-refractivity contribution in [2.75, 3.05) is 0 Å². The predicted molar refractivity (Wildman–Crippen MR) is 54.3 cm³/mol. The van der Waals surface area contributed by atoms with E-state index in [1.165, 1.54) is 13.0 Å². The van der Waals surface area contributed by atoms with E-state index in [4.69, 9.17) is 15.9 Å². The van der Waals surface area contributed by atoms with Crippen LogP contribution in [-0.2, 0) is 9.05 Å². The molecule has 0 N–H and O–H groups in total. The van der Waals surface area contributed by atoms with Crippen molar-refractivity contribution in [2.45, 2.75) is 11.8 Å². The second-order valence-corrected chi connectivity index (χ2v) is 5.44. The summed E-state index contributed by atoms with van der Waals surface area (Å²) in [6.07, 6.45) is 0.428. The topological polar surface area (TPSA) is 75.0 Å². The van der Waals surface area contributed by atoms with Crippen LogP contribution in [0.4, 0.5) is 0 Å². The highest BCUT2D eigenvalue weighted by Gasteiger charge is 2.15. The normalized spacial score (nSPS) is 10.7. The van der Waals surface area contributed by atoms with E-state index in [9.17, 15) is 13.2 Å². The van der Waals surface area contributed by atoms with Crippen molar-refractivity contribution in [3.63, 3.8) is 0 Å². The van der Waals surface area contributed by atoms with Crippen LogP contribution in [0.5, 0.6) is 0 Å². The quantitative estimate of drug-likeness (QED) is 0.584. The van der Waals surface area contributed by atoms with E-state index < -0.39 is 9.05 Å². The molecule has 0 amide bonds. The van der Waals surface area contributed by atoms with Crippen LogP contribution >= 0.6 is 10.7 Å². The van der Waals surface area contributed by atoms with Gasteiger partial charge in [-0.1, -0.05) is 0 Å². The molecule has 0 bridgehead atoms. The smallest absolute Gasteiger partial charge is 0.261 e. The summed E-state index contributed by atoms with van der Waals surface area (Å²) >= 11 is 0. The summed E-state index contributed by atoms with van der Waals surface area (Å²) in [5, 5.41) is 8.73. The maximum Gasteiger partial charge on any atom is 0.261 e. The van der Waals surface area contributed by atoms with E-state index >= 15 is 0 Å². The van der Waals surface area contributed by atoms with Gasteiger partial charge in [0, 0.05) is 16.2 Å². The van der Waals surface area contributed by atoms with Crippen molar-refractivity contribution in [3.05, 3.63) is 28.8 Å². The Kier molecular flexibility index (Phi) is 3.12. The maximum absolute atomic E-state index is 11.0. The van der Waals surface area contributed by atoms with Crippen LogP contribution in [-0.4, -0.2) is 14.7 Å². The molecular weight excluding hydrogens is 238 g/mol. The Bertz CT molecular complexity index is 557. The zero-order valence-electron chi connectivity index (χ0n) is 7.69. The molecule has 0 radical (unpaired) electrons. The highest BCUT2D eigenvalue weighted by atomic mass is 35.7. The molecule has 0 heterocycles. The molecule has 15 heavy (non-hydrogen) atoms. The second-order valence-electron chi connectivity index (χ2n) is 2.87. The Hall–Kier alpha value is -1.38. The standard InChI is InChI=1S/C9H6ClNO3S/c1-6-2-8(15(10,13)14)3-7(5-12)9(6)4-11/h2-3,5H,1H3. The Morgan fingerprint density at radius 2 is 2.07 bits per heavy atom. The number of hydrogen-bond donors (Lipinski definition) is 0. The molecule has 6 heteroatoms. The third kappa shape index (κ3) is 2.35. The van der Waals surface area contributed by atoms with Crippen molar-refractivity contribution in [3.8, 4) is 6.07 Å². The van der Waals surface area contributed by atoms with Crippen molar-refractivity contribution in [2.24, 2.45) is 0 Å². The van der Waals surface area contributed by atoms with Crippen LogP contribution in [0.3, 0.4) is 0 Å². The van der Waals surface area contributed by atoms with Gasteiger partial charge in [0.05, 0.1) is 10.5 Å². The van der Waals surface area contributed by atoms with Crippen molar-refractivity contribution < 1.29 is 13.2 Å². The molecule has 0 spiro atoms. The fourth-order valence-electron chi connectivity index (χ4n) is 1.17. The molecule has 0 unspecified atom stereocenters. The average Bonchev–Trinajstić information content (AvgIpc) is 2.15. The van der Waals surface area contributed by atoms with E-state index in [1.807, 2.05) is 6.07 Å². The number of aldehydes is 1. The van der Waals surface area contributed by atoms with E-state index in [0.29, 0.717) is 11.8 Å². The summed E-state index contributed by atoms with van der Waals surface area (Å²) in [4.78, 5) is 10.5. The molecule has 1 rings (SSSR count). The van der Waals surface area contributed by atoms with Gasteiger partial charge in [0.25, 0.3) is 9.05 Å². The van der Waals surface area contributed by atoms with Gasteiger partial charge < -0.3 is 0 Å². The van der Waals surface area contributed by atoms with Crippen molar-refractivity contribution in [1.82, 2.24) is 0 Å². The molecule has 0 aromatic heterocycles. The van der Waals surface area contributed by atoms with Gasteiger partial charge in [0.2, 0.25) is 0 Å². The van der Waals surface area contributed by atoms with Crippen LogP contribution in [0.2, 0.25) is 0 Å². The summed E-state index contributed by atoms with van der Waals surface area (Å²) in [6.45, 7) is 1.54. The first kappa shape index (κ1) is 11.7. The molecule has 1 aromatic carbocycles. The Morgan fingerprint density at radius 3 is 2.47 bits per heavy atom. The number of halogens is 1. The van der Waals surface area contributed by atoms with Crippen LogP contribution < -0.4 is 0 Å². The predicted octanol–water partition coefficient (Wildman–Crippen LogP) is 1.61. The molecule has 4 nitrogen and oxygen atoms in total. The number of nitriles is 1. The molecule has 0 atom stereocenters. The van der Waals surface area contributed by atoms with E-state index in [-0.39, 0.29) is 16.0 Å². The zero-order valence-corrected chi connectivity index (χ0v) is 9.26. The van der Waals surface area contributed by atoms with Gasteiger partial charge in [-0.3, -0.25) is 4.79 Å². The summed E-state index contributed by atoms with van der Waals surface area (Å²) in [5.74, 6) is 0. The summed E-state index contributed by atoms with van der Waals surface area (Å²) < 4.78 is 22.0. The SMILES string of the molecule is Cc1cc(S(=O)(=O)Cl)cc(C=O)c1C#N. The number of carbonyl (C=O) groups is 1. The summed E-state index contributed by atoms with van der Waals surface area (Å²) in [5.41, 5.74) is 0.590. The lowest BCUT2D eigenvalue weighted by Crippen LogP contribution is -1.98. The van der Waals surface area contributed by atoms with Crippen LogP contribution in [0, 0.1) is 18.3 Å². The van der Waals surface area contributed by atoms with Gasteiger partial charge in [-0.15, -0.1) is 0 Å². The molecule has 0 saturated carbocycles.